The number of amides is 1. The predicted molar refractivity (Wildman–Crippen MR) is 89.4 cm³/mol. The van der Waals surface area contributed by atoms with Gasteiger partial charge < -0.3 is 15.8 Å². The second-order valence-electron chi connectivity index (χ2n) is 4.72. The lowest BCUT2D eigenvalue weighted by Crippen LogP contribution is -2.28. The van der Waals surface area contributed by atoms with Crippen LogP contribution in [0.25, 0.3) is 0 Å². The number of hydrogen-bond acceptors (Lipinski definition) is 4. The summed E-state index contributed by atoms with van der Waals surface area (Å²) in [6.45, 7) is -0.0905. The minimum atomic E-state index is -0.647. The Labute approximate surface area is 143 Å². The van der Waals surface area contributed by atoms with Crippen LogP contribution in [-0.4, -0.2) is 18.5 Å². The molecule has 2 aromatic rings. The molecule has 0 aromatic heterocycles. The molecule has 0 saturated carbocycles. The number of anilines is 1. The van der Waals surface area contributed by atoms with Crippen molar-refractivity contribution in [3.8, 4) is 0 Å². The molecule has 0 aliphatic carbocycles. The van der Waals surface area contributed by atoms with Crippen LogP contribution in [0.2, 0.25) is 10.0 Å². The van der Waals surface area contributed by atoms with E-state index in [1.807, 2.05) is 6.07 Å². The Bertz CT molecular complexity index is 735. The van der Waals surface area contributed by atoms with Gasteiger partial charge in [0.2, 0.25) is 0 Å². The van der Waals surface area contributed by atoms with Crippen LogP contribution < -0.4 is 11.1 Å². The maximum Gasteiger partial charge on any atom is 0.338 e. The Morgan fingerprint density at radius 1 is 1.13 bits per heavy atom. The van der Waals surface area contributed by atoms with E-state index in [2.05, 4.69) is 5.32 Å². The Kier molecular flexibility index (Phi) is 5.84. The van der Waals surface area contributed by atoms with Gasteiger partial charge in [-0.3, -0.25) is 4.79 Å². The van der Waals surface area contributed by atoms with Gasteiger partial charge >= 0.3 is 5.97 Å². The van der Waals surface area contributed by atoms with E-state index in [1.165, 1.54) is 18.2 Å². The molecule has 7 heteroatoms. The molecule has 0 fully saturated rings. The van der Waals surface area contributed by atoms with E-state index in [0.717, 1.165) is 5.56 Å². The molecule has 1 amide bonds. The van der Waals surface area contributed by atoms with E-state index >= 15 is 0 Å². The monoisotopic (exact) mass is 352 g/mol. The van der Waals surface area contributed by atoms with E-state index in [9.17, 15) is 9.59 Å². The fraction of sp³-hybridized carbons (Fsp3) is 0.125. The molecule has 0 atom stereocenters. The summed E-state index contributed by atoms with van der Waals surface area (Å²) < 4.78 is 4.92. The number of nitrogens with one attached hydrogen (secondary N) is 1. The van der Waals surface area contributed by atoms with Crippen LogP contribution in [0.5, 0.6) is 0 Å². The molecule has 0 radical (unpaired) electrons. The number of halogens is 2. The molecule has 0 unspecified atom stereocenters. The predicted octanol–water partition coefficient (Wildman–Crippen LogP) is 3.05. The number of nitrogens with two attached hydrogens (primary N) is 1. The first kappa shape index (κ1) is 17.1. The normalized spacial score (nSPS) is 10.2. The zero-order valence-corrected chi connectivity index (χ0v) is 13.5. The van der Waals surface area contributed by atoms with E-state index in [0.29, 0.717) is 16.6 Å². The van der Waals surface area contributed by atoms with Crippen molar-refractivity contribution < 1.29 is 14.3 Å². The first-order valence-corrected chi connectivity index (χ1v) is 7.44. The van der Waals surface area contributed by atoms with Gasteiger partial charge in [-0.1, -0.05) is 35.3 Å². The summed E-state index contributed by atoms with van der Waals surface area (Å²) in [5, 5.41) is 3.57. The Balaban J connectivity index is 1.81. The summed E-state index contributed by atoms with van der Waals surface area (Å²) in [4.78, 5) is 23.5. The van der Waals surface area contributed by atoms with Crippen molar-refractivity contribution in [2.75, 3.05) is 12.3 Å². The number of esters is 1. The fourth-order valence-corrected chi connectivity index (χ4v) is 2.11. The number of nitrogen functional groups attached to an aromatic ring is 1. The molecular formula is C16H14Cl2N2O3. The minimum Gasteiger partial charge on any atom is -0.452 e. The smallest absolute Gasteiger partial charge is 0.338 e. The summed E-state index contributed by atoms with van der Waals surface area (Å²) in [6.07, 6.45) is 0. The molecule has 120 valence electrons. The molecule has 0 bridgehead atoms. The first-order valence-electron chi connectivity index (χ1n) is 6.69. The summed E-state index contributed by atoms with van der Waals surface area (Å²) in [5.74, 6) is -1.06. The van der Waals surface area contributed by atoms with E-state index < -0.39 is 11.9 Å². The van der Waals surface area contributed by atoms with Crippen LogP contribution in [0.1, 0.15) is 15.9 Å². The van der Waals surface area contributed by atoms with Crippen molar-refractivity contribution in [1.29, 1.82) is 0 Å². The van der Waals surface area contributed by atoms with Crippen LogP contribution in [0.15, 0.2) is 42.5 Å². The molecule has 0 aliphatic rings. The Hall–Kier alpha value is -2.24. The van der Waals surface area contributed by atoms with Gasteiger partial charge in [-0.15, -0.1) is 0 Å². The number of benzene rings is 2. The third kappa shape index (κ3) is 5.16. The topological polar surface area (TPSA) is 81.4 Å². The molecule has 0 spiro atoms. The highest BCUT2D eigenvalue weighted by molar-refractivity contribution is 6.33. The fourth-order valence-electron chi connectivity index (χ4n) is 1.78. The van der Waals surface area contributed by atoms with Gasteiger partial charge in [-0.25, -0.2) is 4.79 Å². The van der Waals surface area contributed by atoms with Gasteiger partial charge in [-0.05, 0) is 35.9 Å². The number of ether oxygens (including phenoxy) is 1. The lowest BCUT2D eigenvalue weighted by Gasteiger charge is -2.08. The van der Waals surface area contributed by atoms with Crippen LogP contribution in [-0.2, 0) is 16.1 Å². The highest BCUT2D eigenvalue weighted by atomic mass is 35.5. The molecule has 2 aromatic carbocycles. The van der Waals surface area contributed by atoms with Crippen LogP contribution >= 0.6 is 23.2 Å². The summed E-state index contributed by atoms with van der Waals surface area (Å²) >= 11 is 11.6. The molecule has 0 saturated heterocycles. The molecule has 5 nitrogen and oxygen atoms in total. The molecule has 2 rings (SSSR count). The van der Waals surface area contributed by atoms with Crippen molar-refractivity contribution in [1.82, 2.24) is 5.32 Å². The highest BCUT2D eigenvalue weighted by Gasteiger charge is 2.11. The Morgan fingerprint density at radius 3 is 2.61 bits per heavy atom. The number of hydrogen-bond donors (Lipinski definition) is 2. The van der Waals surface area contributed by atoms with Gasteiger partial charge in [-0.2, -0.15) is 0 Å². The summed E-state index contributed by atoms with van der Waals surface area (Å²) in [7, 11) is 0. The molecule has 3 N–H and O–H groups in total. The highest BCUT2D eigenvalue weighted by Crippen LogP contribution is 2.19. The third-order valence-corrected chi connectivity index (χ3v) is 3.52. The molecule has 23 heavy (non-hydrogen) atoms. The van der Waals surface area contributed by atoms with Crippen molar-refractivity contribution in [3.05, 3.63) is 63.6 Å². The van der Waals surface area contributed by atoms with Crippen LogP contribution in [0.4, 0.5) is 5.69 Å². The Morgan fingerprint density at radius 2 is 1.91 bits per heavy atom. The lowest BCUT2D eigenvalue weighted by molar-refractivity contribution is -0.124. The van der Waals surface area contributed by atoms with Crippen molar-refractivity contribution in [2.24, 2.45) is 0 Å². The maximum absolute atomic E-state index is 11.8. The summed E-state index contributed by atoms with van der Waals surface area (Å²) in [6, 6.07) is 11.5. The van der Waals surface area contributed by atoms with E-state index in [-0.39, 0.29) is 17.9 Å². The average Bonchev–Trinajstić information content (AvgIpc) is 2.53. The van der Waals surface area contributed by atoms with Gasteiger partial charge in [0, 0.05) is 11.6 Å². The maximum atomic E-state index is 11.8. The lowest BCUT2D eigenvalue weighted by atomic mass is 10.2. The van der Waals surface area contributed by atoms with Crippen molar-refractivity contribution in [2.45, 2.75) is 6.54 Å². The molecule has 0 heterocycles. The van der Waals surface area contributed by atoms with Crippen molar-refractivity contribution >= 4 is 40.8 Å². The number of rotatable bonds is 5. The van der Waals surface area contributed by atoms with Crippen LogP contribution in [0, 0.1) is 0 Å². The zero-order chi connectivity index (χ0) is 16.8. The van der Waals surface area contributed by atoms with Gasteiger partial charge in [0.1, 0.15) is 0 Å². The second-order valence-corrected chi connectivity index (χ2v) is 5.56. The first-order chi connectivity index (χ1) is 11.0. The van der Waals surface area contributed by atoms with Gasteiger partial charge in [0.15, 0.2) is 6.61 Å². The van der Waals surface area contributed by atoms with Gasteiger partial charge in [0.05, 0.1) is 16.3 Å². The third-order valence-electron chi connectivity index (χ3n) is 2.94. The molecular weight excluding hydrogens is 339 g/mol. The van der Waals surface area contributed by atoms with E-state index in [4.69, 9.17) is 33.7 Å². The van der Waals surface area contributed by atoms with Crippen molar-refractivity contribution in [3.63, 3.8) is 0 Å². The quantitative estimate of drug-likeness (QED) is 0.640. The average molecular weight is 353 g/mol. The standard InChI is InChI=1S/C16H14Cl2N2O3/c17-12-3-1-2-10(6-12)8-20-15(21)9-23-16(22)11-4-5-13(18)14(19)7-11/h1-7H,8-9,19H2,(H,20,21). The largest absolute Gasteiger partial charge is 0.452 e. The van der Waals surface area contributed by atoms with Crippen LogP contribution in [0.3, 0.4) is 0 Å². The number of carbonyl (C=O) groups excluding carboxylic acids is 2. The van der Waals surface area contributed by atoms with E-state index in [1.54, 1.807) is 18.2 Å². The minimum absolute atomic E-state index is 0.231. The second kappa shape index (κ2) is 7.85. The summed E-state index contributed by atoms with van der Waals surface area (Å²) in [5.41, 5.74) is 6.96. The number of carbonyl (C=O) groups is 2. The van der Waals surface area contributed by atoms with Gasteiger partial charge in [0.25, 0.3) is 5.91 Å². The zero-order valence-electron chi connectivity index (χ0n) is 12.0. The SMILES string of the molecule is Nc1cc(C(=O)OCC(=O)NCc2cccc(Cl)c2)ccc1Cl. The molecule has 0 aliphatic heterocycles.